The van der Waals surface area contributed by atoms with E-state index in [9.17, 15) is 4.79 Å². The maximum atomic E-state index is 11.6. The van der Waals surface area contributed by atoms with Crippen LogP contribution in [0.25, 0.3) is 0 Å². The van der Waals surface area contributed by atoms with Crippen LogP contribution in [0.2, 0.25) is 0 Å². The first-order valence-corrected chi connectivity index (χ1v) is 6.64. The number of likely N-dealkylation sites (tertiary alicyclic amines) is 1. The monoisotopic (exact) mass is 267 g/mol. The summed E-state index contributed by atoms with van der Waals surface area (Å²) in [6.45, 7) is 8.27. The third kappa shape index (κ3) is 3.12. The molecule has 2 atom stereocenters. The molecule has 0 aliphatic carbocycles. The lowest BCUT2D eigenvalue weighted by molar-refractivity contribution is -0.146. The van der Waals surface area contributed by atoms with E-state index in [-0.39, 0.29) is 17.8 Å². The van der Waals surface area contributed by atoms with Gasteiger partial charge in [-0.3, -0.25) is 9.69 Å². The standard InChI is InChI=1S/C13H21N3O3/c1-8(2)12-14-11(15-19-12)7-16-5-9(3)10(6-16)13(17)18-4/h8-10H,5-7H2,1-4H3. The SMILES string of the molecule is COC(=O)C1CN(Cc2noc(C(C)C)n2)CC1C. The normalized spacial score (nSPS) is 24.1. The van der Waals surface area contributed by atoms with Crippen LogP contribution in [0.5, 0.6) is 0 Å². The predicted octanol–water partition coefficient (Wildman–Crippen LogP) is 1.43. The van der Waals surface area contributed by atoms with Crippen LogP contribution < -0.4 is 0 Å². The molecule has 2 rings (SSSR count). The van der Waals surface area contributed by atoms with Crippen molar-refractivity contribution in [3.05, 3.63) is 11.7 Å². The quantitative estimate of drug-likeness (QED) is 0.769. The molecule has 1 aromatic heterocycles. The fourth-order valence-corrected chi connectivity index (χ4v) is 2.42. The summed E-state index contributed by atoms with van der Waals surface area (Å²) in [6.07, 6.45) is 0. The van der Waals surface area contributed by atoms with Crippen LogP contribution in [0.3, 0.4) is 0 Å². The predicted molar refractivity (Wildman–Crippen MR) is 68.3 cm³/mol. The molecule has 0 spiro atoms. The van der Waals surface area contributed by atoms with Gasteiger partial charge in [0.25, 0.3) is 0 Å². The summed E-state index contributed by atoms with van der Waals surface area (Å²) in [6, 6.07) is 0. The third-order valence-electron chi connectivity index (χ3n) is 3.53. The fraction of sp³-hybridized carbons (Fsp3) is 0.769. The minimum Gasteiger partial charge on any atom is -0.469 e. The van der Waals surface area contributed by atoms with E-state index in [2.05, 4.69) is 22.0 Å². The number of rotatable bonds is 4. The van der Waals surface area contributed by atoms with Gasteiger partial charge in [-0.1, -0.05) is 25.9 Å². The van der Waals surface area contributed by atoms with Crippen molar-refractivity contribution in [2.75, 3.05) is 20.2 Å². The van der Waals surface area contributed by atoms with Crippen LogP contribution in [-0.4, -0.2) is 41.2 Å². The fourth-order valence-electron chi connectivity index (χ4n) is 2.42. The average Bonchev–Trinajstić information content (AvgIpc) is 2.96. The molecule has 0 saturated carbocycles. The number of nitrogens with zero attached hydrogens (tertiary/aromatic N) is 3. The second kappa shape index (κ2) is 5.69. The van der Waals surface area contributed by atoms with Crippen molar-refractivity contribution in [1.82, 2.24) is 15.0 Å². The summed E-state index contributed by atoms with van der Waals surface area (Å²) >= 11 is 0. The van der Waals surface area contributed by atoms with E-state index in [0.717, 1.165) is 6.54 Å². The van der Waals surface area contributed by atoms with E-state index in [0.29, 0.717) is 30.7 Å². The Bertz CT molecular complexity index is 444. The Morgan fingerprint density at radius 1 is 1.53 bits per heavy atom. The molecule has 1 aromatic rings. The van der Waals surface area contributed by atoms with Crippen molar-refractivity contribution < 1.29 is 14.1 Å². The summed E-state index contributed by atoms with van der Waals surface area (Å²) < 4.78 is 10.0. The Morgan fingerprint density at radius 2 is 2.26 bits per heavy atom. The highest BCUT2D eigenvalue weighted by atomic mass is 16.5. The van der Waals surface area contributed by atoms with Crippen molar-refractivity contribution in [3.63, 3.8) is 0 Å². The van der Waals surface area contributed by atoms with Crippen molar-refractivity contribution in [1.29, 1.82) is 0 Å². The highest BCUT2D eigenvalue weighted by Crippen LogP contribution is 2.25. The van der Waals surface area contributed by atoms with E-state index in [1.54, 1.807) is 0 Å². The third-order valence-corrected chi connectivity index (χ3v) is 3.53. The van der Waals surface area contributed by atoms with Crippen LogP contribution in [-0.2, 0) is 16.1 Å². The van der Waals surface area contributed by atoms with Gasteiger partial charge in [0.05, 0.1) is 19.6 Å². The van der Waals surface area contributed by atoms with Gasteiger partial charge in [0.1, 0.15) is 0 Å². The molecule has 1 saturated heterocycles. The lowest BCUT2D eigenvalue weighted by Gasteiger charge is -2.12. The van der Waals surface area contributed by atoms with Crippen molar-refractivity contribution in [2.24, 2.45) is 11.8 Å². The van der Waals surface area contributed by atoms with Crippen LogP contribution >= 0.6 is 0 Å². The number of methoxy groups -OCH3 is 1. The largest absolute Gasteiger partial charge is 0.469 e. The number of esters is 1. The molecular formula is C13H21N3O3. The highest BCUT2D eigenvalue weighted by molar-refractivity contribution is 5.73. The van der Waals surface area contributed by atoms with Crippen molar-refractivity contribution in [3.8, 4) is 0 Å². The van der Waals surface area contributed by atoms with E-state index >= 15 is 0 Å². The molecule has 0 amide bonds. The average molecular weight is 267 g/mol. The van der Waals surface area contributed by atoms with Crippen molar-refractivity contribution in [2.45, 2.75) is 33.2 Å². The minimum absolute atomic E-state index is 0.0542. The number of hydrogen-bond acceptors (Lipinski definition) is 6. The summed E-state index contributed by atoms with van der Waals surface area (Å²) in [5, 5.41) is 3.97. The zero-order valence-electron chi connectivity index (χ0n) is 11.9. The maximum absolute atomic E-state index is 11.6. The Labute approximate surface area is 113 Å². The summed E-state index contributed by atoms with van der Waals surface area (Å²) in [7, 11) is 1.44. The van der Waals surface area contributed by atoms with Crippen LogP contribution in [0.4, 0.5) is 0 Å². The molecule has 1 aliphatic rings. The molecule has 0 bridgehead atoms. The van der Waals surface area contributed by atoms with Gasteiger partial charge in [0.2, 0.25) is 5.89 Å². The Kier molecular flexibility index (Phi) is 4.19. The molecule has 6 heteroatoms. The summed E-state index contributed by atoms with van der Waals surface area (Å²) in [5.41, 5.74) is 0. The smallest absolute Gasteiger partial charge is 0.310 e. The Balaban J connectivity index is 1.95. The summed E-state index contributed by atoms with van der Waals surface area (Å²) in [5.74, 6) is 1.69. The lowest BCUT2D eigenvalue weighted by atomic mass is 9.99. The number of ether oxygens (including phenoxy) is 1. The van der Waals surface area contributed by atoms with Gasteiger partial charge >= 0.3 is 5.97 Å². The Morgan fingerprint density at radius 3 is 2.84 bits per heavy atom. The molecule has 106 valence electrons. The van der Waals surface area contributed by atoms with Crippen LogP contribution in [0.15, 0.2) is 4.52 Å². The molecule has 0 aromatic carbocycles. The van der Waals surface area contributed by atoms with Crippen LogP contribution in [0, 0.1) is 11.8 Å². The number of hydrogen-bond donors (Lipinski definition) is 0. The van der Waals surface area contributed by atoms with E-state index < -0.39 is 0 Å². The second-order valence-electron chi connectivity index (χ2n) is 5.50. The number of carbonyl (C=O) groups excluding carboxylic acids is 1. The molecular weight excluding hydrogens is 246 g/mol. The second-order valence-corrected chi connectivity index (χ2v) is 5.50. The molecule has 1 aliphatic heterocycles. The van der Waals surface area contributed by atoms with Gasteiger partial charge < -0.3 is 9.26 Å². The van der Waals surface area contributed by atoms with Gasteiger partial charge in [-0.25, -0.2) is 0 Å². The molecule has 6 nitrogen and oxygen atoms in total. The lowest BCUT2D eigenvalue weighted by Crippen LogP contribution is -2.24. The molecule has 0 radical (unpaired) electrons. The molecule has 1 fully saturated rings. The molecule has 19 heavy (non-hydrogen) atoms. The van der Waals surface area contributed by atoms with E-state index in [1.807, 2.05) is 13.8 Å². The summed E-state index contributed by atoms with van der Waals surface area (Å²) in [4.78, 5) is 18.1. The first kappa shape index (κ1) is 14.0. The van der Waals surface area contributed by atoms with Crippen molar-refractivity contribution >= 4 is 5.97 Å². The highest BCUT2D eigenvalue weighted by Gasteiger charge is 2.35. The Hall–Kier alpha value is -1.43. The maximum Gasteiger partial charge on any atom is 0.310 e. The molecule has 0 N–H and O–H groups in total. The number of aromatic nitrogens is 2. The van der Waals surface area contributed by atoms with Crippen LogP contribution in [0.1, 0.15) is 38.4 Å². The van der Waals surface area contributed by atoms with E-state index in [4.69, 9.17) is 9.26 Å². The topological polar surface area (TPSA) is 68.5 Å². The minimum atomic E-state index is -0.133. The van der Waals surface area contributed by atoms with Gasteiger partial charge in [0, 0.05) is 19.0 Å². The van der Waals surface area contributed by atoms with E-state index in [1.165, 1.54) is 7.11 Å². The first-order chi connectivity index (χ1) is 9.01. The van der Waals surface area contributed by atoms with Gasteiger partial charge in [-0.05, 0) is 5.92 Å². The van der Waals surface area contributed by atoms with Gasteiger partial charge in [-0.2, -0.15) is 4.98 Å². The molecule has 2 heterocycles. The van der Waals surface area contributed by atoms with Gasteiger partial charge in [0.15, 0.2) is 5.82 Å². The van der Waals surface area contributed by atoms with Gasteiger partial charge in [-0.15, -0.1) is 0 Å². The number of carbonyl (C=O) groups is 1. The molecule has 2 unspecified atom stereocenters. The first-order valence-electron chi connectivity index (χ1n) is 6.64. The zero-order valence-corrected chi connectivity index (χ0v) is 11.9. The zero-order chi connectivity index (χ0) is 14.0.